The molecule has 3 rings (SSSR count). The molecule has 5 heteroatoms. The number of benzene rings is 2. The van der Waals surface area contributed by atoms with Gasteiger partial charge in [0.05, 0.1) is 10.7 Å². The van der Waals surface area contributed by atoms with Gasteiger partial charge in [-0.25, -0.2) is 4.39 Å². The van der Waals surface area contributed by atoms with Gasteiger partial charge in [0, 0.05) is 22.3 Å². The second-order valence-corrected chi connectivity index (χ2v) is 7.47. The maximum atomic E-state index is 13.8. The zero-order valence-corrected chi connectivity index (χ0v) is 17.4. The zero-order valence-electron chi connectivity index (χ0n) is 15.9. The molecule has 28 heavy (non-hydrogen) atoms. The lowest BCUT2D eigenvalue weighted by Gasteiger charge is -2.19. The largest absolute Gasteiger partial charge is 0.484 e. The lowest BCUT2D eigenvalue weighted by molar-refractivity contribution is 0.224. The van der Waals surface area contributed by atoms with Crippen LogP contribution < -0.4 is 4.74 Å². The summed E-state index contributed by atoms with van der Waals surface area (Å²) >= 11 is 12.3. The van der Waals surface area contributed by atoms with E-state index in [1.54, 1.807) is 13.1 Å². The Balaban J connectivity index is 1.92. The number of ether oxygens (including phenoxy) is 1. The molecular formula is C23H20Cl2FNO. The highest BCUT2D eigenvalue weighted by atomic mass is 35.5. The number of nitrogens with zero attached hydrogens (tertiary/aromatic N) is 1. The predicted octanol–water partition coefficient (Wildman–Crippen LogP) is 7.68. The van der Waals surface area contributed by atoms with Crippen molar-refractivity contribution in [3.63, 3.8) is 0 Å². The van der Waals surface area contributed by atoms with Gasteiger partial charge in [-0.15, -0.1) is 0 Å². The first-order chi connectivity index (χ1) is 13.3. The number of pyridine rings is 1. The maximum Gasteiger partial charge on any atom is 0.142 e. The number of hydrogen-bond donors (Lipinski definition) is 0. The van der Waals surface area contributed by atoms with Crippen molar-refractivity contribution in [2.24, 2.45) is 0 Å². The van der Waals surface area contributed by atoms with E-state index >= 15 is 0 Å². The van der Waals surface area contributed by atoms with Crippen LogP contribution in [0.5, 0.6) is 5.75 Å². The highest BCUT2D eigenvalue weighted by molar-refractivity contribution is 6.36. The van der Waals surface area contributed by atoms with Crippen molar-refractivity contribution in [1.82, 2.24) is 4.98 Å². The summed E-state index contributed by atoms with van der Waals surface area (Å²) in [6.07, 6.45) is 1.25. The summed E-state index contributed by atoms with van der Waals surface area (Å²) in [4.78, 5) is 4.44. The number of aromatic nitrogens is 1. The molecule has 0 N–H and O–H groups in total. The molecule has 0 spiro atoms. The van der Waals surface area contributed by atoms with Crippen LogP contribution in [0, 0.1) is 12.7 Å². The fourth-order valence-corrected chi connectivity index (χ4v) is 3.58. The van der Waals surface area contributed by atoms with Crippen LogP contribution in [-0.4, -0.2) is 4.98 Å². The Labute approximate surface area is 174 Å². The Morgan fingerprint density at radius 2 is 1.79 bits per heavy atom. The van der Waals surface area contributed by atoms with E-state index in [4.69, 9.17) is 27.9 Å². The number of halogens is 3. The van der Waals surface area contributed by atoms with Crippen LogP contribution in [0.2, 0.25) is 10.0 Å². The van der Waals surface area contributed by atoms with Gasteiger partial charge in [0.1, 0.15) is 17.7 Å². The lowest BCUT2D eigenvalue weighted by atomic mass is 10.0. The van der Waals surface area contributed by atoms with Gasteiger partial charge in [-0.2, -0.15) is 0 Å². The number of rotatable bonds is 5. The molecule has 2 nitrogen and oxygen atoms in total. The first-order valence-corrected chi connectivity index (χ1v) is 9.56. The summed E-state index contributed by atoms with van der Waals surface area (Å²) in [6, 6.07) is 12.7. The molecule has 0 aliphatic heterocycles. The number of hydrogen-bond acceptors (Lipinski definition) is 2. The molecule has 1 aromatic heterocycles. The van der Waals surface area contributed by atoms with Gasteiger partial charge < -0.3 is 4.74 Å². The van der Waals surface area contributed by atoms with Crippen LogP contribution >= 0.6 is 23.2 Å². The van der Waals surface area contributed by atoms with Gasteiger partial charge in [0.25, 0.3) is 0 Å². The number of aryl methyl sites for hydroxylation is 1. The topological polar surface area (TPSA) is 22.1 Å². The van der Waals surface area contributed by atoms with Gasteiger partial charge in [0.2, 0.25) is 0 Å². The summed E-state index contributed by atoms with van der Waals surface area (Å²) in [6.45, 7) is 9.56. The normalized spacial score (nSPS) is 11.9. The molecule has 1 atom stereocenters. The molecular weight excluding hydrogens is 396 g/mol. The summed E-state index contributed by atoms with van der Waals surface area (Å²) in [5, 5.41) is 0.327. The molecule has 0 aliphatic rings. The van der Waals surface area contributed by atoms with Gasteiger partial charge in [-0.3, -0.25) is 4.98 Å². The van der Waals surface area contributed by atoms with E-state index < -0.39 is 11.9 Å². The fourth-order valence-electron chi connectivity index (χ4n) is 2.90. The maximum absolute atomic E-state index is 13.8. The molecule has 0 saturated heterocycles. The molecule has 2 aromatic carbocycles. The third-order valence-electron chi connectivity index (χ3n) is 4.54. The molecule has 0 saturated carbocycles. The minimum absolute atomic E-state index is 0.0304. The molecule has 0 aliphatic carbocycles. The van der Waals surface area contributed by atoms with E-state index in [1.165, 1.54) is 12.1 Å². The van der Waals surface area contributed by atoms with E-state index in [0.717, 1.165) is 28.0 Å². The molecule has 0 fully saturated rings. The monoisotopic (exact) mass is 415 g/mol. The average molecular weight is 416 g/mol. The second-order valence-electron chi connectivity index (χ2n) is 6.68. The predicted molar refractivity (Wildman–Crippen MR) is 115 cm³/mol. The molecule has 0 bridgehead atoms. The van der Waals surface area contributed by atoms with E-state index in [-0.39, 0.29) is 5.02 Å². The van der Waals surface area contributed by atoms with Crippen LogP contribution in [0.4, 0.5) is 4.39 Å². The SMILES string of the molecule is C=C(C)c1ccc(-c2cnc(C)c(OC(C)c3c(Cl)ccc(F)c3Cl)c2)cc1. The van der Waals surface area contributed by atoms with Crippen LogP contribution in [0.3, 0.4) is 0 Å². The highest BCUT2D eigenvalue weighted by Crippen LogP contribution is 2.36. The summed E-state index contributed by atoms with van der Waals surface area (Å²) < 4.78 is 19.9. The summed E-state index contributed by atoms with van der Waals surface area (Å²) in [5.74, 6) is 0.0584. The second kappa shape index (κ2) is 8.34. The van der Waals surface area contributed by atoms with Crippen molar-refractivity contribution < 1.29 is 9.13 Å². The van der Waals surface area contributed by atoms with Crippen molar-refractivity contribution in [3.8, 4) is 16.9 Å². The Bertz CT molecular complexity index is 1030. The van der Waals surface area contributed by atoms with Crippen molar-refractivity contribution in [1.29, 1.82) is 0 Å². The van der Waals surface area contributed by atoms with E-state index in [1.807, 2.05) is 44.2 Å². The molecule has 1 unspecified atom stereocenters. The van der Waals surface area contributed by atoms with Crippen LogP contribution in [0.25, 0.3) is 16.7 Å². The summed E-state index contributed by atoms with van der Waals surface area (Å²) in [7, 11) is 0. The van der Waals surface area contributed by atoms with E-state index in [9.17, 15) is 4.39 Å². The Morgan fingerprint density at radius 3 is 2.43 bits per heavy atom. The molecule has 0 radical (unpaired) electrons. The van der Waals surface area contributed by atoms with Crippen LogP contribution in [0.1, 0.15) is 36.8 Å². The summed E-state index contributed by atoms with van der Waals surface area (Å²) in [5.41, 5.74) is 5.16. The van der Waals surface area contributed by atoms with Crippen molar-refractivity contribution in [3.05, 3.63) is 87.9 Å². The van der Waals surface area contributed by atoms with Gasteiger partial charge >= 0.3 is 0 Å². The van der Waals surface area contributed by atoms with Crippen molar-refractivity contribution >= 4 is 28.8 Å². The fraction of sp³-hybridized carbons (Fsp3) is 0.174. The first-order valence-electron chi connectivity index (χ1n) is 8.81. The highest BCUT2D eigenvalue weighted by Gasteiger charge is 2.19. The quantitative estimate of drug-likeness (QED) is 0.398. The smallest absolute Gasteiger partial charge is 0.142 e. The zero-order chi connectivity index (χ0) is 20.4. The van der Waals surface area contributed by atoms with Gasteiger partial charge in [0.15, 0.2) is 0 Å². The molecule has 1 heterocycles. The third kappa shape index (κ3) is 4.21. The number of allylic oxidation sites excluding steroid dienone is 1. The first kappa shape index (κ1) is 20.4. The minimum atomic E-state index is -0.544. The van der Waals surface area contributed by atoms with Crippen LogP contribution in [0.15, 0.2) is 55.2 Å². The standard InChI is InChI=1S/C23H20Cl2FNO/c1-13(2)16-5-7-17(8-6-16)18-11-21(14(3)27-12-18)28-15(4)22-19(24)9-10-20(26)23(22)25/h5-12,15H,1H2,2-4H3. The van der Waals surface area contributed by atoms with Crippen molar-refractivity contribution in [2.45, 2.75) is 26.9 Å². The van der Waals surface area contributed by atoms with Gasteiger partial charge in [-0.05, 0) is 50.1 Å². The molecule has 0 amide bonds. The average Bonchev–Trinajstić information content (AvgIpc) is 2.67. The Hall–Kier alpha value is -2.36. The van der Waals surface area contributed by atoms with Crippen LogP contribution in [-0.2, 0) is 0 Å². The molecule has 144 valence electrons. The minimum Gasteiger partial charge on any atom is -0.484 e. The Kier molecular flexibility index (Phi) is 6.07. The van der Waals surface area contributed by atoms with Crippen molar-refractivity contribution in [2.75, 3.05) is 0 Å². The van der Waals surface area contributed by atoms with E-state index in [0.29, 0.717) is 16.3 Å². The third-order valence-corrected chi connectivity index (χ3v) is 5.25. The Morgan fingerprint density at radius 1 is 1.11 bits per heavy atom. The van der Waals surface area contributed by atoms with E-state index in [2.05, 4.69) is 11.6 Å². The lowest BCUT2D eigenvalue weighted by Crippen LogP contribution is -2.07. The van der Waals surface area contributed by atoms with Gasteiger partial charge in [-0.1, -0.05) is 59.6 Å². The molecule has 3 aromatic rings.